The summed E-state index contributed by atoms with van der Waals surface area (Å²) in [5.74, 6) is 0. The third kappa shape index (κ3) is 6.41. The van der Waals surface area contributed by atoms with Gasteiger partial charge >= 0.3 is 0 Å². The van der Waals surface area contributed by atoms with Crippen LogP contribution >= 0.6 is 0 Å². The van der Waals surface area contributed by atoms with E-state index in [9.17, 15) is 0 Å². The minimum Gasteiger partial charge on any atom is -0.456 e. The summed E-state index contributed by atoms with van der Waals surface area (Å²) < 4.78 is 6.30. The maximum atomic E-state index is 6.30. The maximum Gasteiger partial charge on any atom is 0.184 e. The molecule has 2 heterocycles. The molecule has 1 aromatic heterocycles. The van der Waals surface area contributed by atoms with Gasteiger partial charge < -0.3 is 14.2 Å². The molecule has 0 bridgehead atoms. The molecular formula is C64H44N2OSi. The van der Waals surface area contributed by atoms with E-state index < -0.39 is 8.07 Å². The third-order valence-electron chi connectivity index (χ3n) is 13.9. The molecule has 13 rings (SSSR count). The third-order valence-corrected chi connectivity index (χ3v) is 18.8. The van der Waals surface area contributed by atoms with E-state index in [1.165, 1.54) is 54.0 Å². The quantitative estimate of drug-likeness (QED) is 0.142. The molecule has 0 saturated carbocycles. The van der Waals surface area contributed by atoms with Gasteiger partial charge in [0.25, 0.3) is 0 Å². The number of hydrogen-bond donors (Lipinski definition) is 0. The highest BCUT2D eigenvalue weighted by molar-refractivity contribution is 7.21. The van der Waals surface area contributed by atoms with E-state index in [1.807, 2.05) is 12.1 Å². The van der Waals surface area contributed by atoms with Crippen molar-refractivity contribution in [2.45, 2.75) is 0 Å². The van der Waals surface area contributed by atoms with Gasteiger partial charge in [0, 0.05) is 44.9 Å². The molecule has 3 nitrogen and oxygen atoms in total. The molecular weight excluding hydrogens is 841 g/mol. The fourth-order valence-corrected chi connectivity index (χ4v) is 15.9. The minimum absolute atomic E-state index is 0.878. The Kier molecular flexibility index (Phi) is 9.51. The van der Waals surface area contributed by atoms with Gasteiger partial charge in [-0.15, -0.1) is 0 Å². The summed E-state index contributed by atoms with van der Waals surface area (Å²) in [4.78, 5) is 4.84. The van der Waals surface area contributed by atoms with Gasteiger partial charge in [-0.05, 0) is 127 Å². The van der Waals surface area contributed by atoms with Gasteiger partial charge in [0.05, 0.1) is 0 Å². The van der Waals surface area contributed by atoms with E-state index in [0.717, 1.165) is 55.8 Å². The van der Waals surface area contributed by atoms with E-state index in [0.29, 0.717) is 0 Å². The summed E-state index contributed by atoms with van der Waals surface area (Å²) in [6, 6.07) is 97.7. The van der Waals surface area contributed by atoms with Crippen LogP contribution in [0.1, 0.15) is 0 Å². The van der Waals surface area contributed by atoms with Crippen molar-refractivity contribution < 1.29 is 4.42 Å². The van der Waals surface area contributed by atoms with E-state index >= 15 is 0 Å². The maximum absolute atomic E-state index is 6.30. The van der Waals surface area contributed by atoms with Gasteiger partial charge in [-0.3, -0.25) is 0 Å². The predicted molar refractivity (Wildman–Crippen MR) is 289 cm³/mol. The van der Waals surface area contributed by atoms with Crippen LogP contribution in [-0.2, 0) is 0 Å². The zero-order valence-corrected chi connectivity index (χ0v) is 38.2. The van der Waals surface area contributed by atoms with Crippen LogP contribution in [0.25, 0.3) is 55.0 Å². The van der Waals surface area contributed by atoms with Crippen LogP contribution < -0.4 is 30.5 Å². The number of benzene rings is 11. The van der Waals surface area contributed by atoms with E-state index in [-0.39, 0.29) is 0 Å². The average Bonchev–Trinajstić information content (AvgIpc) is 3.79. The van der Waals surface area contributed by atoms with Crippen LogP contribution in [-0.4, -0.2) is 8.07 Å². The topological polar surface area (TPSA) is 19.6 Å². The Morgan fingerprint density at radius 1 is 0.338 bits per heavy atom. The molecule has 0 amide bonds. The predicted octanol–water partition coefficient (Wildman–Crippen LogP) is 14.7. The van der Waals surface area contributed by atoms with Gasteiger partial charge in [0.1, 0.15) is 11.2 Å². The molecule has 12 aromatic rings. The van der Waals surface area contributed by atoms with Gasteiger partial charge in [-0.2, -0.15) is 0 Å². The standard InChI is InChI=1S/C64H44N2OSi/c1-4-19-49(20-5-1)66-59-28-13-15-30-63(59)68(53-21-6-2-7-22-53,54-23-8-3-9-24-54)64-42-35-48(43-60(64)66)45-31-36-50(37-32-45)65(52-40-41-62-58(44-52)57-26-12-14-29-61(57)67-62)51-38-33-47(34-39-51)56-27-16-18-46-17-10-11-25-55(46)56/h1-44H. The molecule has 1 aliphatic heterocycles. The summed E-state index contributed by atoms with van der Waals surface area (Å²) in [6.45, 7) is 0. The van der Waals surface area contributed by atoms with Gasteiger partial charge in [0.2, 0.25) is 0 Å². The Morgan fingerprint density at radius 3 is 1.62 bits per heavy atom. The fraction of sp³-hybridized carbons (Fsp3) is 0. The summed E-state index contributed by atoms with van der Waals surface area (Å²) in [5.41, 5.74) is 13.3. The summed E-state index contributed by atoms with van der Waals surface area (Å²) in [7, 11) is -2.80. The number of furan rings is 1. The normalized spacial score (nSPS) is 12.8. The molecule has 0 aliphatic carbocycles. The monoisotopic (exact) mass is 884 g/mol. The van der Waals surface area contributed by atoms with Crippen molar-refractivity contribution in [1.82, 2.24) is 0 Å². The van der Waals surface area contributed by atoms with E-state index in [1.54, 1.807) is 0 Å². The van der Waals surface area contributed by atoms with Crippen molar-refractivity contribution in [3.63, 3.8) is 0 Å². The first kappa shape index (κ1) is 39.6. The summed E-state index contributed by atoms with van der Waals surface area (Å²) in [5, 5.41) is 10.2. The summed E-state index contributed by atoms with van der Waals surface area (Å²) in [6.07, 6.45) is 0. The Labute approximate surface area is 397 Å². The highest BCUT2D eigenvalue weighted by Gasteiger charge is 2.48. The molecule has 0 radical (unpaired) electrons. The molecule has 0 N–H and O–H groups in total. The molecule has 4 heteroatoms. The number of rotatable bonds is 8. The van der Waals surface area contributed by atoms with Crippen molar-refractivity contribution in [3.05, 3.63) is 267 Å². The SMILES string of the molecule is c1ccc(N2c3ccccc3[Si](c3ccccc3)(c3ccccc3)c3ccc(-c4ccc(N(c5ccc(-c6cccc7ccccc67)cc5)c5ccc6oc7ccccc7c6c5)cc4)cc32)cc1. The second-order valence-corrected chi connectivity index (χ2v) is 21.4. The first-order valence-corrected chi connectivity index (χ1v) is 25.3. The first-order valence-electron chi connectivity index (χ1n) is 23.3. The lowest BCUT2D eigenvalue weighted by atomic mass is 9.98. The number of para-hydroxylation sites is 3. The van der Waals surface area contributed by atoms with E-state index in [4.69, 9.17) is 4.42 Å². The van der Waals surface area contributed by atoms with Crippen molar-refractivity contribution in [1.29, 1.82) is 0 Å². The zero-order chi connectivity index (χ0) is 45.0. The van der Waals surface area contributed by atoms with Crippen LogP contribution in [0.15, 0.2) is 271 Å². The van der Waals surface area contributed by atoms with Crippen molar-refractivity contribution >= 4 is 95.7 Å². The van der Waals surface area contributed by atoms with Gasteiger partial charge in [-0.1, -0.05) is 194 Å². The second-order valence-electron chi connectivity index (χ2n) is 17.6. The van der Waals surface area contributed by atoms with Crippen LogP contribution in [0.5, 0.6) is 0 Å². The van der Waals surface area contributed by atoms with Crippen LogP contribution in [0.4, 0.5) is 34.1 Å². The van der Waals surface area contributed by atoms with Gasteiger partial charge in [-0.25, -0.2) is 0 Å². The lowest BCUT2D eigenvalue weighted by Crippen LogP contribution is -2.77. The molecule has 0 saturated heterocycles. The molecule has 0 unspecified atom stereocenters. The lowest BCUT2D eigenvalue weighted by molar-refractivity contribution is 0.669. The Bertz CT molecular complexity index is 3750. The highest BCUT2D eigenvalue weighted by atomic mass is 28.3. The van der Waals surface area contributed by atoms with E-state index in [2.05, 4.69) is 265 Å². The fourth-order valence-electron chi connectivity index (χ4n) is 10.9. The second kappa shape index (κ2) is 16.3. The van der Waals surface area contributed by atoms with Crippen LogP contribution in [0.2, 0.25) is 0 Å². The minimum atomic E-state index is -2.80. The number of nitrogens with zero attached hydrogens (tertiary/aromatic N) is 2. The average molecular weight is 885 g/mol. The Balaban J connectivity index is 0.959. The van der Waals surface area contributed by atoms with Gasteiger partial charge in [0.15, 0.2) is 8.07 Å². The molecule has 320 valence electrons. The number of anilines is 6. The zero-order valence-electron chi connectivity index (χ0n) is 37.2. The number of fused-ring (bicyclic) bond motifs is 6. The number of hydrogen-bond acceptors (Lipinski definition) is 3. The van der Waals surface area contributed by atoms with Crippen molar-refractivity contribution in [2.75, 3.05) is 9.80 Å². The smallest absolute Gasteiger partial charge is 0.184 e. The first-order chi connectivity index (χ1) is 33.7. The summed E-state index contributed by atoms with van der Waals surface area (Å²) >= 11 is 0. The molecule has 68 heavy (non-hydrogen) atoms. The largest absolute Gasteiger partial charge is 0.456 e. The molecule has 0 atom stereocenters. The van der Waals surface area contributed by atoms with Crippen LogP contribution in [0, 0.1) is 0 Å². The molecule has 0 fully saturated rings. The molecule has 1 aliphatic rings. The lowest BCUT2D eigenvalue weighted by Gasteiger charge is -2.45. The molecule has 11 aromatic carbocycles. The molecule has 0 spiro atoms. The Morgan fingerprint density at radius 2 is 0.882 bits per heavy atom. The van der Waals surface area contributed by atoms with Crippen LogP contribution in [0.3, 0.4) is 0 Å². The highest BCUT2D eigenvalue weighted by Crippen LogP contribution is 2.43. The van der Waals surface area contributed by atoms with Crippen molar-refractivity contribution in [3.8, 4) is 22.3 Å². The van der Waals surface area contributed by atoms with Crippen molar-refractivity contribution in [2.24, 2.45) is 0 Å². The Hall–Kier alpha value is -8.70.